The van der Waals surface area contributed by atoms with Gasteiger partial charge in [-0.3, -0.25) is 4.79 Å². The standard InChI is InChI=1S/C9H14O2.C2H4/c10-8-1-3-9(4-2-8)5-6-11-7-9;1-2/h1-7H2;1-2H2. The molecule has 2 nitrogen and oxygen atoms in total. The highest BCUT2D eigenvalue weighted by Gasteiger charge is 2.37. The zero-order valence-electron chi connectivity index (χ0n) is 8.18. The van der Waals surface area contributed by atoms with E-state index in [0.717, 1.165) is 38.9 Å². The van der Waals surface area contributed by atoms with Gasteiger partial charge in [-0.15, -0.1) is 13.2 Å². The third kappa shape index (κ3) is 2.41. The van der Waals surface area contributed by atoms with Crippen molar-refractivity contribution >= 4 is 5.78 Å². The normalized spacial score (nSPS) is 25.4. The molecule has 0 aromatic heterocycles. The molecule has 0 N–H and O–H groups in total. The van der Waals surface area contributed by atoms with Gasteiger partial charge in [0.15, 0.2) is 0 Å². The zero-order valence-corrected chi connectivity index (χ0v) is 8.18. The van der Waals surface area contributed by atoms with Gasteiger partial charge in [-0.05, 0) is 24.7 Å². The van der Waals surface area contributed by atoms with Crippen molar-refractivity contribution in [2.24, 2.45) is 5.41 Å². The van der Waals surface area contributed by atoms with E-state index in [0.29, 0.717) is 11.2 Å². The number of hydrogen-bond acceptors (Lipinski definition) is 2. The van der Waals surface area contributed by atoms with Gasteiger partial charge in [-0.25, -0.2) is 0 Å². The Kier molecular flexibility index (Phi) is 3.67. The Bertz CT molecular complexity index is 169. The van der Waals surface area contributed by atoms with Crippen molar-refractivity contribution in [2.45, 2.75) is 32.1 Å². The lowest BCUT2D eigenvalue weighted by Gasteiger charge is -2.30. The van der Waals surface area contributed by atoms with E-state index >= 15 is 0 Å². The maximum absolute atomic E-state index is 11.0. The summed E-state index contributed by atoms with van der Waals surface area (Å²) >= 11 is 0. The van der Waals surface area contributed by atoms with Crippen LogP contribution in [0.1, 0.15) is 32.1 Å². The molecule has 0 amide bonds. The van der Waals surface area contributed by atoms with Gasteiger partial charge < -0.3 is 4.74 Å². The summed E-state index contributed by atoms with van der Waals surface area (Å²) in [7, 11) is 0. The van der Waals surface area contributed by atoms with Crippen LogP contribution in [0, 0.1) is 5.41 Å². The van der Waals surface area contributed by atoms with Gasteiger partial charge in [-0.2, -0.15) is 0 Å². The molecule has 1 saturated carbocycles. The fraction of sp³-hybridized carbons (Fsp3) is 0.727. The molecule has 2 rings (SSSR count). The predicted molar refractivity (Wildman–Crippen MR) is 52.6 cm³/mol. The molecular formula is C11H18O2. The van der Waals surface area contributed by atoms with Crippen LogP contribution in [0.4, 0.5) is 0 Å². The highest BCUT2D eigenvalue weighted by Crippen LogP contribution is 2.41. The van der Waals surface area contributed by atoms with Crippen LogP contribution in [0.2, 0.25) is 0 Å². The van der Waals surface area contributed by atoms with E-state index in [1.54, 1.807) is 0 Å². The Morgan fingerprint density at radius 1 is 1.15 bits per heavy atom. The van der Waals surface area contributed by atoms with Crippen molar-refractivity contribution in [3.63, 3.8) is 0 Å². The lowest BCUT2D eigenvalue weighted by molar-refractivity contribution is -0.122. The molecule has 2 aliphatic rings. The van der Waals surface area contributed by atoms with Crippen LogP contribution in [-0.2, 0) is 9.53 Å². The molecule has 0 aromatic rings. The summed E-state index contributed by atoms with van der Waals surface area (Å²) in [6.45, 7) is 7.81. The Morgan fingerprint density at radius 2 is 1.77 bits per heavy atom. The van der Waals surface area contributed by atoms with Gasteiger partial charge in [0.25, 0.3) is 0 Å². The summed E-state index contributed by atoms with van der Waals surface area (Å²) in [6.07, 6.45) is 4.92. The average molecular weight is 182 g/mol. The minimum absolute atomic E-state index is 0.411. The van der Waals surface area contributed by atoms with Crippen molar-refractivity contribution in [3.05, 3.63) is 13.2 Å². The predicted octanol–water partition coefficient (Wildman–Crippen LogP) is 2.34. The lowest BCUT2D eigenvalue weighted by Crippen LogP contribution is -2.27. The second-order valence-electron chi connectivity index (χ2n) is 3.84. The topological polar surface area (TPSA) is 26.3 Å². The van der Waals surface area contributed by atoms with E-state index in [2.05, 4.69) is 13.2 Å². The first-order chi connectivity index (χ1) is 6.31. The van der Waals surface area contributed by atoms with Crippen molar-refractivity contribution in [1.29, 1.82) is 0 Å². The van der Waals surface area contributed by atoms with Crippen LogP contribution >= 0.6 is 0 Å². The molecule has 2 heteroatoms. The van der Waals surface area contributed by atoms with E-state index in [4.69, 9.17) is 4.74 Å². The van der Waals surface area contributed by atoms with Gasteiger partial charge in [0.1, 0.15) is 5.78 Å². The molecule has 1 spiro atoms. The number of Topliss-reactive ketones (excluding diaryl/α,β-unsaturated/α-hetero) is 1. The lowest BCUT2D eigenvalue weighted by atomic mass is 9.73. The summed E-state index contributed by atoms with van der Waals surface area (Å²) < 4.78 is 5.36. The molecule has 0 atom stereocenters. The molecule has 0 radical (unpaired) electrons. The number of carbonyl (C=O) groups excluding carboxylic acids is 1. The first-order valence-corrected chi connectivity index (χ1v) is 4.90. The molecule has 0 aromatic carbocycles. The van der Waals surface area contributed by atoms with Crippen LogP contribution in [-0.4, -0.2) is 19.0 Å². The minimum Gasteiger partial charge on any atom is -0.381 e. The third-order valence-electron chi connectivity index (χ3n) is 3.05. The Morgan fingerprint density at radius 3 is 2.23 bits per heavy atom. The molecule has 1 aliphatic carbocycles. The fourth-order valence-electron chi connectivity index (χ4n) is 2.10. The van der Waals surface area contributed by atoms with E-state index in [1.165, 1.54) is 6.42 Å². The summed E-state index contributed by atoms with van der Waals surface area (Å²) in [5.74, 6) is 0.447. The molecule has 74 valence electrons. The van der Waals surface area contributed by atoms with Crippen molar-refractivity contribution in [2.75, 3.05) is 13.2 Å². The molecule has 2 fully saturated rings. The van der Waals surface area contributed by atoms with E-state index in [-0.39, 0.29) is 0 Å². The first kappa shape index (κ1) is 10.5. The van der Waals surface area contributed by atoms with E-state index in [9.17, 15) is 4.79 Å². The number of ether oxygens (including phenoxy) is 1. The number of carbonyl (C=O) groups is 1. The minimum atomic E-state index is 0.411. The zero-order chi connectivity index (χ0) is 9.73. The molecule has 0 unspecified atom stereocenters. The summed E-state index contributed by atoms with van der Waals surface area (Å²) in [5.41, 5.74) is 0.411. The second kappa shape index (κ2) is 4.56. The van der Waals surface area contributed by atoms with E-state index in [1.807, 2.05) is 0 Å². The summed E-state index contributed by atoms with van der Waals surface area (Å²) in [4.78, 5) is 11.0. The summed E-state index contributed by atoms with van der Waals surface area (Å²) in [6, 6.07) is 0. The highest BCUT2D eigenvalue weighted by atomic mass is 16.5. The van der Waals surface area contributed by atoms with Crippen molar-refractivity contribution < 1.29 is 9.53 Å². The van der Waals surface area contributed by atoms with Crippen LogP contribution in [0.25, 0.3) is 0 Å². The van der Waals surface area contributed by atoms with Crippen LogP contribution in [0.5, 0.6) is 0 Å². The monoisotopic (exact) mass is 182 g/mol. The maximum atomic E-state index is 11.0. The van der Waals surface area contributed by atoms with Crippen LogP contribution < -0.4 is 0 Å². The highest BCUT2D eigenvalue weighted by molar-refractivity contribution is 5.79. The van der Waals surface area contributed by atoms with Gasteiger partial charge in [0.05, 0.1) is 6.61 Å². The Labute approximate surface area is 80.0 Å². The third-order valence-corrected chi connectivity index (χ3v) is 3.05. The van der Waals surface area contributed by atoms with Gasteiger partial charge in [0, 0.05) is 19.4 Å². The maximum Gasteiger partial charge on any atom is 0.132 e. The van der Waals surface area contributed by atoms with E-state index < -0.39 is 0 Å². The van der Waals surface area contributed by atoms with Gasteiger partial charge in [-0.1, -0.05) is 0 Å². The molecule has 1 saturated heterocycles. The van der Waals surface area contributed by atoms with Crippen LogP contribution in [0.15, 0.2) is 13.2 Å². The Balaban J connectivity index is 0.000000396. The molecule has 0 bridgehead atoms. The van der Waals surface area contributed by atoms with Crippen molar-refractivity contribution in [1.82, 2.24) is 0 Å². The largest absolute Gasteiger partial charge is 0.381 e. The smallest absolute Gasteiger partial charge is 0.132 e. The second-order valence-corrected chi connectivity index (χ2v) is 3.84. The SMILES string of the molecule is C=C.O=C1CCC2(CCOC2)CC1. The molecule has 1 heterocycles. The number of ketones is 1. The summed E-state index contributed by atoms with van der Waals surface area (Å²) in [5, 5.41) is 0. The first-order valence-electron chi connectivity index (χ1n) is 4.90. The average Bonchev–Trinajstić information content (AvgIpc) is 2.63. The Hall–Kier alpha value is -0.630. The van der Waals surface area contributed by atoms with Gasteiger partial charge >= 0.3 is 0 Å². The number of hydrogen-bond donors (Lipinski definition) is 0. The van der Waals surface area contributed by atoms with Gasteiger partial charge in [0.2, 0.25) is 0 Å². The number of rotatable bonds is 0. The molecular weight excluding hydrogens is 164 g/mol. The fourth-order valence-corrected chi connectivity index (χ4v) is 2.10. The quantitative estimate of drug-likeness (QED) is 0.537. The molecule has 1 aliphatic heterocycles. The van der Waals surface area contributed by atoms with Crippen LogP contribution in [0.3, 0.4) is 0 Å². The molecule has 13 heavy (non-hydrogen) atoms. The van der Waals surface area contributed by atoms with Crippen molar-refractivity contribution in [3.8, 4) is 0 Å².